The molecule has 2 rings (SSSR count). The molecule has 2 N–H and O–H groups in total. The van der Waals surface area contributed by atoms with Crippen LogP contribution in [0.4, 0.5) is 0 Å². The van der Waals surface area contributed by atoms with E-state index in [1.54, 1.807) is 0 Å². The molecule has 2 aliphatic rings. The first-order chi connectivity index (χ1) is 6.29. The molecule has 0 bridgehead atoms. The van der Waals surface area contributed by atoms with E-state index in [1.165, 1.54) is 24.2 Å². The SMILES string of the molecule is CCC1=C(OC2CC2)CCC(N)=C1. The molecular formula is C11H17NO. The Hall–Kier alpha value is -0.920. The molecule has 0 saturated heterocycles. The average Bonchev–Trinajstić information content (AvgIpc) is 2.92. The molecule has 2 nitrogen and oxygen atoms in total. The monoisotopic (exact) mass is 179 g/mol. The summed E-state index contributed by atoms with van der Waals surface area (Å²) in [4.78, 5) is 0. The summed E-state index contributed by atoms with van der Waals surface area (Å²) in [6, 6.07) is 0. The fraction of sp³-hybridized carbons (Fsp3) is 0.636. The van der Waals surface area contributed by atoms with Crippen molar-refractivity contribution in [3.63, 3.8) is 0 Å². The zero-order chi connectivity index (χ0) is 9.26. The second-order valence-electron chi connectivity index (χ2n) is 3.84. The van der Waals surface area contributed by atoms with Crippen LogP contribution >= 0.6 is 0 Å². The summed E-state index contributed by atoms with van der Waals surface area (Å²) < 4.78 is 5.83. The summed E-state index contributed by atoms with van der Waals surface area (Å²) in [7, 11) is 0. The van der Waals surface area contributed by atoms with Crippen LogP contribution in [0.25, 0.3) is 0 Å². The largest absolute Gasteiger partial charge is 0.494 e. The Morgan fingerprint density at radius 3 is 2.85 bits per heavy atom. The summed E-state index contributed by atoms with van der Waals surface area (Å²) in [5, 5.41) is 0. The molecule has 0 amide bonds. The highest BCUT2D eigenvalue weighted by molar-refractivity contribution is 5.29. The van der Waals surface area contributed by atoms with E-state index in [2.05, 4.69) is 13.0 Å². The van der Waals surface area contributed by atoms with Crippen LogP contribution in [0.15, 0.2) is 23.1 Å². The highest BCUT2D eigenvalue weighted by Crippen LogP contribution is 2.32. The quantitative estimate of drug-likeness (QED) is 0.722. The minimum Gasteiger partial charge on any atom is -0.494 e. The van der Waals surface area contributed by atoms with Gasteiger partial charge in [0, 0.05) is 12.1 Å². The predicted octanol–water partition coefficient (Wildman–Crippen LogP) is 2.47. The second kappa shape index (κ2) is 3.44. The lowest BCUT2D eigenvalue weighted by Gasteiger charge is -2.18. The predicted molar refractivity (Wildman–Crippen MR) is 52.9 cm³/mol. The minimum absolute atomic E-state index is 0.518. The maximum atomic E-state index is 5.83. The number of rotatable bonds is 3. The highest BCUT2D eigenvalue weighted by Gasteiger charge is 2.25. The molecule has 0 aromatic rings. The summed E-state index contributed by atoms with van der Waals surface area (Å²) in [5.41, 5.74) is 8.08. The van der Waals surface area contributed by atoms with Gasteiger partial charge >= 0.3 is 0 Å². The van der Waals surface area contributed by atoms with E-state index < -0.39 is 0 Å². The van der Waals surface area contributed by atoms with Crippen molar-refractivity contribution < 1.29 is 4.74 Å². The molecule has 1 fully saturated rings. The summed E-state index contributed by atoms with van der Waals surface area (Å²) in [6.07, 6.45) is 8.07. The van der Waals surface area contributed by atoms with Gasteiger partial charge in [-0.3, -0.25) is 0 Å². The lowest BCUT2D eigenvalue weighted by Crippen LogP contribution is -2.08. The number of nitrogens with two attached hydrogens (primary N) is 1. The van der Waals surface area contributed by atoms with Crippen LogP contribution in [0.2, 0.25) is 0 Å². The van der Waals surface area contributed by atoms with E-state index in [0.717, 1.165) is 25.0 Å². The van der Waals surface area contributed by atoms with Gasteiger partial charge in [0.1, 0.15) is 0 Å². The van der Waals surface area contributed by atoms with Crippen molar-refractivity contribution in [1.82, 2.24) is 0 Å². The Kier molecular flexibility index (Phi) is 2.30. The van der Waals surface area contributed by atoms with Crippen LogP contribution in [0, 0.1) is 0 Å². The third-order valence-corrected chi connectivity index (χ3v) is 2.57. The van der Waals surface area contributed by atoms with E-state index in [4.69, 9.17) is 10.5 Å². The van der Waals surface area contributed by atoms with Crippen molar-refractivity contribution >= 4 is 0 Å². The van der Waals surface area contributed by atoms with E-state index in [9.17, 15) is 0 Å². The van der Waals surface area contributed by atoms with Crippen molar-refractivity contribution in [3.05, 3.63) is 23.1 Å². The van der Waals surface area contributed by atoms with Crippen LogP contribution in [0.3, 0.4) is 0 Å². The van der Waals surface area contributed by atoms with Gasteiger partial charge in [-0.25, -0.2) is 0 Å². The molecule has 0 spiro atoms. The molecule has 1 saturated carbocycles. The van der Waals surface area contributed by atoms with Crippen molar-refractivity contribution in [2.75, 3.05) is 0 Å². The number of allylic oxidation sites excluding steroid dienone is 4. The molecular weight excluding hydrogens is 162 g/mol. The molecule has 2 aliphatic carbocycles. The summed E-state index contributed by atoms with van der Waals surface area (Å²) in [6.45, 7) is 2.15. The zero-order valence-corrected chi connectivity index (χ0v) is 8.18. The third kappa shape index (κ3) is 2.06. The van der Waals surface area contributed by atoms with Crippen LogP contribution in [-0.4, -0.2) is 6.10 Å². The number of hydrogen-bond donors (Lipinski definition) is 1. The molecule has 0 unspecified atom stereocenters. The smallest absolute Gasteiger partial charge is 0.1000 e. The van der Waals surface area contributed by atoms with Gasteiger partial charge < -0.3 is 10.5 Å². The van der Waals surface area contributed by atoms with Gasteiger partial charge in [-0.1, -0.05) is 6.92 Å². The number of ether oxygens (including phenoxy) is 1. The Morgan fingerprint density at radius 1 is 1.46 bits per heavy atom. The standard InChI is InChI=1S/C11H17NO/c1-2-8-7-9(12)3-6-11(8)13-10-4-5-10/h7,10H,2-6,12H2,1H3. The third-order valence-electron chi connectivity index (χ3n) is 2.57. The minimum atomic E-state index is 0.518. The second-order valence-corrected chi connectivity index (χ2v) is 3.84. The summed E-state index contributed by atoms with van der Waals surface area (Å²) in [5.74, 6) is 1.19. The van der Waals surface area contributed by atoms with Crippen LogP contribution in [-0.2, 0) is 4.74 Å². The van der Waals surface area contributed by atoms with Crippen LogP contribution < -0.4 is 5.73 Å². The first kappa shape index (κ1) is 8.67. The van der Waals surface area contributed by atoms with Crippen LogP contribution in [0.5, 0.6) is 0 Å². The molecule has 0 aromatic carbocycles. The van der Waals surface area contributed by atoms with Crippen molar-refractivity contribution in [2.45, 2.75) is 45.1 Å². The van der Waals surface area contributed by atoms with Gasteiger partial charge in [-0.05, 0) is 37.3 Å². The van der Waals surface area contributed by atoms with Gasteiger partial charge in [-0.2, -0.15) is 0 Å². The fourth-order valence-electron chi connectivity index (χ4n) is 1.62. The molecule has 0 atom stereocenters. The Labute approximate surface area is 79.5 Å². The van der Waals surface area contributed by atoms with Crippen molar-refractivity contribution in [3.8, 4) is 0 Å². The molecule has 0 heterocycles. The molecule has 0 aliphatic heterocycles. The lowest BCUT2D eigenvalue weighted by atomic mass is 10.0. The summed E-state index contributed by atoms with van der Waals surface area (Å²) >= 11 is 0. The van der Waals surface area contributed by atoms with Gasteiger partial charge in [0.2, 0.25) is 0 Å². The first-order valence-corrected chi connectivity index (χ1v) is 5.14. The molecule has 72 valence electrons. The Morgan fingerprint density at radius 2 is 2.23 bits per heavy atom. The maximum absolute atomic E-state index is 5.83. The fourth-order valence-corrected chi connectivity index (χ4v) is 1.62. The highest BCUT2D eigenvalue weighted by atomic mass is 16.5. The van der Waals surface area contributed by atoms with Gasteiger partial charge in [-0.15, -0.1) is 0 Å². The topological polar surface area (TPSA) is 35.2 Å². The van der Waals surface area contributed by atoms with Gasteiger partial charge in [0.15, 0.2) is 0 Å². The average molecular weight is 179 g/mol. The van der Waals surface area contributed by atoms with E-state index in [1.807, 2.05) is 0 Å². The molecule has 0 aromatic heterocycles. The van der Waals surface area contributed by atoms with E-state index in [-0.39, 0.29) is 0 Å². The molecule has 2 heteroatoms. The molecule has 13 heavy (non-hydrogen) atoms. The normalized spacial score (nSPS) is 23.0. The maximum Gasteiger partial charge on any atom is 0.1000 e. The van der Waals surface area contributed by atoms with Crippen LogP contribution in [0.1, 0.15) is 39.0 Å². The van der Waals surface area contributed by atoms with Gasteiger partial charge in [0.25, 0.3) is 0 Å². The van der Waals surface area contributed by atoms with Crippen molar-refractivity contribution in [1.29, 1.82) is 0 Å². The number of hydrogen-bond acceptors (Lipinski definition) is 2. The Balaban J connectivity index is 2.10. The van der Waals surface area contributed by atoms with E-state index in [0.29, 0.717) is 6.10 Å². The molecule has 0 radical (unpaired) electrons. The van der Waals surface area contributed by atoms with E-state index >= 15 is 0 Å². The Bertz CT molecular complexity index is 261. The first-order valence-electron chi connectivity index (χ1n) is 5.14. The lowest BCUT2D eigenvalue weighted by molar-refractivity contribution is 0.182. The van der Waals surface area contributed by atoms with Crippen molar-refractivity contribution in [2.24, 2.45) is 5.73 Å². The van der Waals surface area contributed by atoms with Gasteiger partial charge in [0.05, 0.1) is 11.9 Å². The zero-order valence-electron chi connectivity index (χ0n) is 8.18.